The topological polar surface area (TPSA) is 119 Å². The van der Waals surface area contributed by atoms with Crippen LogP contribution in [0.5, 0.6) is 11.5 Å². The van der Waals surface area contributed by atoms with Crippen molar-refractivity contribution in [3.63, 3.8) is 0 Å². The zero-order chi connectivity index (χ0) is 39.0. The van der Waals surface area contributed by atoms with Gasteiger partial charge in [-0.1, -0.05) is 60.7 Å². The van der Waals surface area contributed by atoms with Crippen LogP contribution >= 0.6 is 0 Å². The number of carbonyl (C=O) groups is 2. The molecule has 0 amide bonds. The number of nitrogens with zero attached hydrogens (tertiary/aromatic N) is 2. The van der Waals surface area contributed by atoms with E-state index in [9.17, 15) is 28.6 Å². The zero-order valence-electron chi connectivity index (χ0n) is 30.5. The fraction of sp³-hybridized carbons (Fsp3) is 0.217. The molecule has 284 valence electrons. The molecule has 56 heavy (non-hydrogen) atoms. The summed E-state index contributed by atoms with van der Waals surface area (Å²) in [4.78, 5) is 30.9. The first kappa shape index (κ1) is 37.9. The van der Waals surface area contributed by atoms with Gasteiger partial charge in [-0.25, -0.2) is 18.4 Å². The largest absolute Gasteiger partial charge is 0.493 e. The maximum absolute atomic E-state index is 14.1. The van der Waals surface area contributed by atoms with Crippen molar-refractivity contribution in [2.45, 2.75) is 50.4 Å². The highest BCUT2D eigenvalue weighted by Crippen LogP contribution is 2.41. The van der Waals surface area contributed by atoms with E-state index < -0.39 is 11.9 Å². The lowest BCUT2D eigenvalue weighted by Gasteiger charge is -2.26. The SMILES string of the molecule is O=C(O)c1ccncc1CC[C@@H]1CCOc2cc(-c3ccccc3F)ccc21.O=C(O)c1ccncc1CC[C@H]1CCOc2cc(-c3ccccc3F)ccc21. The minimum absolute atomic E-state index is 0.257. The molecule has 0 fully saturated rings. The molecule has 8 nitrogen and oxygen atoms in total. The molecule has 2 aliphatic heterocycles. The van der Waals surface area contributed by atoms with Crippen LogP contribution in [0, 0.1) is 11.6 Å². The maximum atomic E-state index is 14.1. The molecule has 2 atom stereocenters. The van der Waals surface area contributed by atoms with Crippen molar-refractivity contribution in [1.29, 1.82) is 0 Å². The van der Waals surface area contributed by atoms with Crippen LogP contribution in [0.2, 0.25) is 0 Å². The maximum Gasteiger partial charge on any atom is 0.336 e. The molecular weight excluding hydrogens is 715 g/mol. The lowest BCUT2D eigenvalue weighted by molar-refractivity contribution is 0.0684. The van der Waals surface area contributed by atoms with E-state index in [1.54, 1.807) is 36.7 Å². The van der Waals surface area contributed by atoms with Gasteiger partial charge in [0.2, 0.25) is 0 Å². The van der Waals surface area contributed by atoms with E-state index >= 15 is 0 Å². The summed E-state index contributed by atoms with van der Waals surface area (Å²) in [6.45, 7) is 1.19. The van der Waals surface area contributed by atoms with Crippen LogP contribution in [0.15, 0.2) is 122 Å². The highest BCUT2D eigenvalue weighted by molar-refractivity contribution is 5.89. The van der Waals surface area contributed by atoms with Crippen molar-refractivity contribution < 1.29 is 38.1 Å². The van der Waals surface area contributed by atoms with Gasteiger partial charge in [-0.05, 0) is 120 Å². The van der Waals surface area contributed by atoms with Gasteiger partial charge in [0.05, 0.1) is 24.3 Å². The molecular formula is C46H40F2N2O6. The summed E-state index contributed by atoms with van der Waals surface area (Å²) in [6.07, 6.45) is 10.9. The first-order valence-corrected chi connectivity index (χ1v) is 18.6. The summed E-state index contributed by atoms with van der Waals surface area (Å²) in [5.41, 5.74) is 6.96. The summed E-state index contributed by atoms with van der Waals surface area (Å²) in [5, 5.41) is 18.7. The Hall–Kier alpha value is -6.42. The van der Waals surface area contributed by atoms with E-state index in [0.717, 1.165) is 70.6 Å². The van der Waals surface area contributed by atoms with E-state index in [0.29, 0.717) is 48.3 Å². The van der Waals surface area contributed by atoms with Gasteiger partial charge in [-0.2, -0.15) is 0 Å². The number of halogens is 2. The summed E-state index contributed by atoms with van der Waals surface area (Å²) in [7, 11) is 0. The van der Waals surface area contributed by atoms with E-state index in [2.05, 4.69) is 9.97 Å². The molecule has 10 heteroatoms. The quantitative estimate of drug-likeness (QED) is 0.142. The monoisotopic (exact) mass is 754 g/mol. The summed E-state index contributed by atoms with van der Waals surface area (Å²) in [6, 6.07) is 28.1. The fourth-order valence-electron chi connectivity index (χ4n) is 7.58. The number of ether oxygens (including phenoxy) is 2. The fourth-order valence-corrected chi connectivity index (χ4v) is 7.58. The standard InChI is InChI=1S/2C23H20FNO3/c2*24-21-4-2-1-3-18(21)16-7-8-19-15(10-12-28-22(19)13-16)5-6-17-14-25-11-9-20(17)23(26)27/h2*1-4,7-9,11,13-15H,5-6,10,12H2,(H,26,27)/t2*15-/m10/s1. The normalized spacial score (nSPS) is 15.5. The van der Waals surface area contributed by atoms with Crippen LogP contribution in [-0.2, 0) is 12.8 Å². The predicted molar refractivity (Wildman–Crippen MR) is 208 cm³/mol. The van der Waals surface area contributed by atoms with Crippen molar-refractivity contribution in [2.75, 3.05) is 13.2 Å². The molecule has 0 bridgehead atoms. The second-order valence-corrected chi connectivity index (χ2v) is 13.9. The van der Waals surface area contributed by atoms with E-state index in [1.165, 1.54) is 36.7 Å². The number of aromatic carboxylic acids is 2. The number of aryl methyl sites for hydroxylation is 2. The number of hydrogen-bond donors (Lipinski definition) is 2. The first-order chi connectivity index (χ1) is 27.3. The third-order valence-corrected chi connectivity index (χ3v) is 10.5. The minimum Gasteiger partial charge on any atom is -0.493 e. The molecule has 0 unspecified atom stereocenters. The minimum atomic E-state index is -0.931. The number of pyridine rings is 2. The van der Waals surface area contributed by atoms with Crippen LogP contribution in [-0.4, -0.2) is 45.3 Å². The summed E-state index contributed by atoms with van der Waals surface area (Å²) >= 11 is 0. The summed E-state index contributed by atoms with van der Waals surface area (Å²) < 4.78 is 39.9. The Kier molecular flexibility index (Phi) is 11.7. The van der Waals surface area contributed by atoms with Gasteiger partial charge < -0.3 is 19.7 Å². The van der Waals surface area contributed by atoms with E-state index in [1.807, 2.05) is 48.5 Å². The Morgan fingerprint density at radius 3 is 1.45 bits per heavy atom. The third kappa shape index (κ3) is 8.60. The van der Waals surface area contributed by atoms with Gasteiger partial charge in [0.15, 0.2) is 0 Å². The first-order valence-electron chi connectivity index (χ1n) is 18.6. The van der Waals surface area contributed by atoms with Gasteiger partial charge in [0.25, 0.3) is 0 Å². The molecule has 2 aliphatic rings. The second-order valence-electron chi connectivity index (χ2n) is 13.9. The highest BCUT2D eigenvalue weighted by atomic mass is 19.1. The smallest absolute Gasteiger partial charge is 0.336 e. The van der Waals surface area contributed by atoms with E-state index in [-0.39, 0.29) is 23.5 Å². The summed E-state index contributed by atoms with van der Waals surface area (Å²) in [5.74, 6) is -0.289. The van der Waals surface area contributed by atoms with E-state index in [4.69, 9.17) is 9.47 Å². The van der Waals surface area contributed by atoms with Crippen LogP contribution in [0.3, 0.4) is 0 Å². The Morgan fingerprint density at radius 2 is 1.04 bits per heavy atom. The van der Waals surface area contributed by atoms with Crippen molar-refractivity contribution >= 4 is 11.9 Å². The number of fused-ring (bicyclic) bond motifs is 2. The van der Waals surface area contributed by atoms with Crippen LogP contribution in [0.1, 0.15) is 80.5 Å². The Labute approximate surface area is 323 Å². The second kappa shape index (κ2) is 17.4. The van der Waals surface area contributed by atoms with Gasteiger partial charge in [-0.15, -0.1) is 0 Å². The molecule has 2 aromatic heterocycles. The van der Waals surface area contributed by atoms with Gasteiger partial charge in [-0.3, -0.25) is 9.97 Å². The van der Waals surface area contributed by atoms with Crippen molar-refractivity contribution in [3.05, 3.63) is 167 Å². The number of carboxylic acids is 2. The van der Waals surface area contributed by atoms with Crippen LogP contribution in [0.25, 0.3) is 22.3 Å². The molecule has 0 saturated carbocycles. The predicted octanol–water partition coefficient (Wildman–Crippen LogP) is 10.2. The lowest BCUT2D eigenvalue weighted by atomic mass is 9.86. The van der Waals surface area contributed by atoms with Crippen molar-refractivity contribution in [3.8, 4) is 33.8 Å². The number of aromatic nitrogens is 2. The number of hydrogen-bond acceptors (Lipinski definition) is 6. The lowest BCUT2D eigenvalue weighted by Crippen LogP contribution is -2.15. The Morgan fingerprint density at radius 1 is 0.607 bits per heavy atom. The highest BCUT2D eigenvalue weighted by Gasteiger charge is 2.25. The molecule has 0 aliphatic carbocycles. The Balaban J connectivity index is 0.000000172. The molecule has 4 heterocycles. The molecule has 0 spiro atoms. The van der Waals surface area contributed by atoms with Crippen LogP contribution < -0.4 is 9.47 Å². The molecule has 8 rings (SSSR count). The number of rotatable bonds is 10. The number of carboxylic acid groups (broad SMARTS) is 2. The van der Waals surface area contributed by atoms with Crippen molar-refractivity contribution in [1.82, 2.24) is 9.97 Å². The molecule has 0 saturated heterocycles. The van der Waals surface area contributed by atoms with Gasteiger partial charge in [0.1, 0.15) is 23.1 Å². The molecule has 0 radical (unpaired) electrons. The van der Waals surface area contributed by atoms with Gasteiger partial charge in [0, 0.05) is 35.9 Å². The average Bonchev–Trinajstić information content (AvgIpc) is 3.22. The average molecular weight is 755 g/mol. The Bertz CT molecular complexity index is 2200. The van der Waals surface area contributed by atoms with Gasteiger partial charge >= 0.3 is 11.9 Å². The molecule has 2 N–H and O–H groups in total. The van der Waals surface area contributed by atoms with Crippen molar-refractivity contribution in [2.24, 2.45) is 0 Å². The molecule has 4 aromatic carbocycles. The van der Waals surface area contributed by atoms with Crippen LogP contribution in [0.4, 0.5) is 8.78 Å². The third-order valence-electron chi connectivity index (χ3n) is 10.5. The zero-order valence-corrected chi connectivity index (χ0v) is 30.5. The number of benzene rings is 4. The molecule has 6 aromatic rings.